The van der Waals surface area contributed by atoms with E-state index < -0.39 is 17.4 Å². The van der Waals surface area contributed by atoms with Crippen molar-refractivity contribution in [1.29, 1.82) is 0 Å². The molecule has 1 aromatic rings. The van der Waals surface area contributed by atoms with Gasteiger partial charge in [0.2, 0.25) is 17.7 Å². The first-order valence-corrected chi connectivity index (χ1v) is 8.88. The van der Waals surface area contributed by atoms with Crippen LogP contribution in [-0.2, 0) is 24.7 Å². The number of carbonyl (C=O) groups is 3. The number of hydrogen-bond donors (Lipinski definition) is 2. The zero-order valence-electron chi connectivity index (χ0n) is 15.4. The molecule has 0 saturated carbocycles. The number of benzene rings is 1. The first-order valence-electron chi connectivity index (χ1n) is 8.88. The molecule has 0 radical (unpaired) electrons. The van der Waals surface area contributed by atoms with E-state index in [0.717, 1.165) is 22.4 Å². The number of nitrogens with zero attached hydrogens (tertiary/aromatic N) is 1. The summed E-state index contributed by atoms with van der Waals surface area (Å²) in [5.41, 5.74) is 2.30. The monoisotopic (exact) mass is 357 g/mol. The van der Waals surface area contributed by atoms with Crippen LogP contribution in [0.3, 0.4) is 0 Å². The molecule has 1 aromatic carbocycles. The number of methoxy groups -OCH3 is 1. The molecular formula is C19H23N3O4. The molecule has 0 aromatic heterocycles. The molecule has 26 heavy (non-hydrogen) atoms. The lowest BCUT2D eigenvalue weighted by atomic mass is 9.76. The SMILES string of the molecule is COCCN1C(=O)[C@@H]2[C@H](C)N[C@]3(C(=O)Nc4c(C)cc(C)cc43)[C@@H]2C1=O. The van der Waals surface area contributed by atoms with Gasteiger partial charge in [-0.3, -0.25) is 24.6 Å². The summed E-state index contributed by atoms with van der Waals surface area (Å²) in [6, 6.07) is 3.67. The Morgan fingerprint density at radius 3 is 2.62 bits per heavy atom. The first kappa shape index (κ1) is 17.2. The third-order valence-corrected chi connectivity index (χ3v) is 5.92. The molecular weight excluding hydrogens is 334 g/mol. The summed E-state index contributed by atoms with van der Waals surface area (Å²) < 4.78 is 5.03. The lowest BCUT2D eigenvalue weighted by molar-refractivity contribution is -0.143. The molecule has 3 heterocycles. The maximum Gasteiger partial charge on any atom is 0.250 e. The zero-order valence-corrected chi connectivity index (χ0v) is 15.4. The number of imide groups is 1. The fourth-order valence-electron chi connectivity index (χ4n) is 4.88. The van der Waals surface area contributed by atoms with E-state index in [0.29, 0.717) is 0 Å². The van der Waals surface area contributed by atoms with Crippen LogP contribution in [0.25, 0.3) is 0 Å². The molecule has 4 atom stereocenters. The molecule has 7 heteroatoms. The van der Waals surface area contributed by atoms with Gasteiger partial charge in [-0.1, -0.05) is 17.7 Å². The highest BCUT2D eigenvalue weighted by atomic mass is 16.5. The Kier molecular flexibility index (Phi) is 3.71. The van der Waals surface area contributed by atoms with Gasteiger partial charge in [0.1, 0.15) is 5.54 Å². The Balaban J connectivity index is 1.86. The molecule has 138 valence electrons. The van der Waals surface area contributed by atoms with Crippen molar-refractivity contribution in [3.8, 4) is 0 Å². The number of rotatable bonds is 3. The zero-order chi connectivity index (χ0) is 18.8. The number of anilines is 1. The van der Waals surface area contributed by atoms with E-state index in [1.807, 2.05) is 32.9 Å². The van der Waals surface area contributed by atoms with Crippen molar-refractivity contribution >= 4 is 23.4 Å². The van der Waals surface area contributed by atoms with Gasteiger partial charge >= 0.3 is 0 Å². The van der Waals surface area contributed by atoms with Gasteiger partial charge in [-0.15, -0.1) is 0 Å². The fraction of sp³-hybridized carbons (Fsp3) is 0.526. The summed E-state index contributed by atoms with van der Waals surface area (Å²) in [7, 11) is 1.53. The van der Waals surface area contributed by atoms with Crippen molar-refractivity contribution in [1.82, 2.24) is 10.2 Å². The van der Waals surface area contributed by atoms with Crippen LogP contribution < -0.4 is 10.6 Å². The van der Waals surface area contributed by atoms with Gasteiger partial charge in [-0.05, 0) is 26.3 Å². The number of nitrogens with one attached hydrogen (secondary N) is 2. The average molecular weight is 357 g/mol. The normalized spacial score (nSPS) is 32.4. The molecule has 4 rings (SSSR count). The quantitative estimate of drug-likeness (QED) is 0.777. The van der Waals surface area contributed by atoms with Gasteiger partial charge < -0.3 is 10.1 Å². The maximum absolute atomic E-state index is 13.2. The van der Waals surface area contributed by atoms with Crippen LogP contribution in [0.4, 0.5) is 5.69 Å². The summed E-state index contributed by atoms with van der Waals surface area (Å²) in [6.07, 6.45) is 0. The van der Waals surface area contributed by atoms with Crippen molar-refractivity contribution in [3.63, 3.8) is 0 Å². The molecule has 2 N–H and O–H groups in total. The molecule has 7 nitrogen and oxygen atoms in total. The number of hydrogen-bond acceptors (Lipinski definition) is 5. The summed E-state index contributed by atoms with van der Waals surface area (Å²) in [6.45, 7) is 6.27. The van der Waals surface area contributed by atoms with E-state index in [2.05, 4.69) is 10.6 Å². The van der Waals surface area contributed by atoms with Gasteiger partial charge in [-0.2, -0.15) is 0 Å². The molecule has 1 spiro atoms. The maximum atomic E-state index is 13.2. The highest BCUT2D eigenvalue weighted by Crippen LogP contribution is 2.53. The molecule has 3 amide bonds. The second-order valence-corrected chi connectivity index (χ2v) is 7.52. The van der Waals surface area contributed by atoms with Crippen molar-refractivity contribution in [2.75, 3.05) is 25.6 Å². The van der Waals surface area contributed by atoms with E-state index in [-0.39, 0.29) is 36.9 Å². The van der Waals surface area contributed by atoms with Crippen LogP contribution in [0.5, 0.6) is 0 Å². The van der Waals surface area contributed by atoms with Crippen molar-refractivity contribution < 1.29 is 19.1 Å². The van der Waals surface area contributed by atoms with Gasteiger partial charge in [0.05, 0.1) is 25.0 Å². The minimum atomic E-state index is -1.19. The second-order valence-electron chi connectivity index (χ2n) is 7.52. The van der Waals surface area contributed by atoms with Crippen LogP contribution in [0.2, 0.25) is 0 Å². The Bertz CT molecular complexity index is 836. The molecule has 0 unspecified atom stereocenters. The number of ether oxygens (including phenoxy) is 1. The van der Waals surface area contributed by atoms with Crippen LogP contribution in [0.15, 0.2) is 12.1 Å². The Morgan fingerprint density at radius 2 is 1.92 bits per heavy atom. The third-order valence-electron chi connectivity index (χ3n) is 5.92. The van der Waals surface area contributed by atoms with Crippen molar-refractivity contribution in [3.05, 3.63) is 28.8 Å². The minimum absolute atomic E-state index is 0.214. The smallest absolute Gasteiger partial charge is 0.250 e. The largest absolute Gasteiger partial charge is 0.383 e. The second kappa shape index (κ2) is 5.62. The van der Waals surface area contributed by atoms with E-state index in [9.17, 15) is 14.4 Å². The first-order chi connectivity index (χ1) is 12.3. The minimum Gasteiger partial charge on any atom is -0.383 e. The Hall–Kier alpha value is -2.25. The van der Waals surface area contributed by atoms with E-state index in [1.54, 1.807) is 0 Å². The lowest BCUT2D eigenvalue weighted by Gasteiger charge is -2.29. The van der Waals surface area contributed by atoms with Crippen LogP contribution >= 0.6 is 0 Å². The van der Waals surface area contributed by atoms with Gasteiger partial charge in [0.15, 0.2) is 0 Å². The highest BCUT2D eigenvalue weighted by Gasteiger charge is 2.69. The van der Waals surface area contributed by atoms with Gasteiger partial charge in [0, 0.05) is 24.4 Å². The standard InChI is InChI=1S/C19H23N3O4/c1-9-7-10(2)15-12(8-9)19(18(25)20-15)14-13(11(3)21-19)16(23)22(17(14)24)5-6-26-4/h7-8,11,13-14,21H,5-6H2,1-4H3,(H,20,25)/t11-,13+,14-,19-/m0/s1. The van der Waals surface area contributed by atoms with Gasteiger partial charge in [-0.25, -0.2) is 0 Å². The topological polar surface area (TPSA) is 87.7 Å². The molecule has 2 fully saturated rings. The van der Waals surface area contributed by atoms with E-state index >= 15 is 0 Å². The third kappa shape index (κ3) is 1.98. The molecule has 0 bridgehead atoms. The highest BCUT2D eigenvalue weighted by molar-refractivity contribution is 6.15. The number of likely N-dealkylation sites (tertiary alicyclic amines) is 1. The lowest BCUT2D eigenvalue weighted by Crippen LogP contribution is -2.53. The van der Waals surface area contributed by atoms with E-state index in [1.165, 1.54) is 12.0 Å². The predicted octanol–water partition coefficient (Wildman–Crippen LogP) is 0.690. The Labute approximate surface area is 152 Å². The summed E-state index contributed by atoms with van der Waals surface area (Å²) in [5.74, 6) is -2.05. The van der Waals surface area contributed by atoms with E-state index in [4.69, 9.17) is 4.74 Å². The number of fused-ring (bicyclic) bond motifs is 4. The number of carbonyl (C=O) groups excluding carboxylic acids is 3. The summed E-state index contributed by atoms with van der Waals surface area (Å²) in [4.78, 5) is 40.4. The fourth-order valence-corrected chi connectivity index (χ4v) is 4.88. The molecule has 2 saturated heterocycles. The van der Waals surface area contributed by atoms with Crippen LogP contribution in [0, 0.1) is 25.7 Å². The Morgan fingerprint density at radius 1 is 1.19 bits per heavy atom. The average Bonchev–Trinajstić information content (AvgIpc) is 3.13. The van der Waals surface area contributed by atoms with Gasteiger partial charge in [0.25, 0.3) is 0 Å². The summed E-state index contributed by atoms with van der Waals surface area (Å²) >= 11 is 0. The van der Waals surface area contributed by atoms with Crippen molar-refractivity contribution in [2.45, 2.75) is 32.4 Å². The predicted molar refractivity (Wildman–Crippen MR) is 94.4 cm³/mol. The summed E-state index contributed by atoms with van der Waals surface area (Å²) in [5, 5.41) is 6.26. The number of aryl methyl sites for hydroxylation is 2. The van der Waals surface area contributed by atoms with Crippen LogP contribution in [-0.4, -0.2) is 48.9 Å². The molecule has 0 aliphatic carbocycles. The number of amides is 3. The van der Waals surface area contributed by atoms with Crippen LogP contribution in [0.1, 0.15) is 23.6 Å². The molecule has 3 aliphatic rings. The molecule has 3 aliphatic heterocycles. The van der Waals surface area contributed by atoms with Crippen molar-refractivity contribution in [2.24, 2.45) is 11.8 Å².